The minimum absolute atomic E-state index is 0. The van der Waals surface area contributed by atoms with Crippen molar-refractivity contribution in [1.82, 2.24) is 25.1 Å². The zero-order valence-corrected chi connectivity index (χ0v) is 16.9. The van der Waals surface area contributed by atoms with Gasteiger partial charge in [0.2, 0.25) is 11.7 Å². The normalized spacial score (nSPS) is 12.6. The number of hydrogen-bond donors (Lipinski definition) is 1. The van der Waals surface area contributed by atoms with Crippen LogP contribution >= 0.6 is 12.4 Å². The van der Waals surface area contributed by atoms with Crippen LogP contribution in [0.25, 0.3) is 11.4 Å². The molecule has 1 aromatic heterocycles. The molecule has 2 rings (SSSR count). The van der Waals surface area contributed by atoms with Crippen molar-refractivity contribution in [3.63, 3.8) is 0 Å². The van der Waals surface area contributed by atoms with E-state index in [2.05, 4.69) is 15.4 Å². The Hall–Kier alpha value is -1.99. The highest BCUT2D eigenvalue weighted by Crippen LogP contribution is 2.22. The highest BCUT2D eigenvalue weighted by atomic mass is 35.5. The van der Waals surface area contributed by atoms with Gasteiger partial charge in [0, 0.05) is 19.2 Å². The van der Waals surface area contributed by atoms with E-state index < -0.39 is 6.04 Å². The van der Waals surface area contributed by atoms with Crippen molar-refractivity contribution >= 4 is 18.3 Å². The van der Waals surface area contributed by atoms with Crippen LogP contribution in [0.1, 0.15) is 33.7 Å². The number of likely N-dealkylation sites (N-methyl/N-ethyl adjacent to an activating group) is 1. The number of hydrogen-bond acceptors (Lipinski definition) is 5. The topological polar surface area (TPSA) is 89.9 Å². The molecule has 1 aromatic carbocycles. The van der Waals surface area contributed by atoms with E-state index in [4.69, 9.17) is 5.73 Å². The molecule has 0 aliphatic heterocycles. The number of carbonyl (C=O) groups is 1. The largest absolute Gasteiger partial charge is 0.343 e. The van der Waals surface area contributed by atoms with Gasteiger partial charge >= 0.3 is 0 Å². The standard InChI is InChI=1S/C18H28N6O.ClH/c1-13(2)15(17(25)23(5)12-18(3,4)11-19)24-21-16(20-22-24)14-9-7-6-8-10-14;/h6-10,13,15H,11-12,19H2,1-5H3;1H. The van der Waals surface area contributed by atoms with Gasteiger partial charge in [-0.25, -0.2) is 0 Å². The molecule has 8 heteroatoms. The summed E-state index contributed by atoms with van der Waals surface area (Å²) in [5, 5.41) is 12.7. The molecule has 2 aromatic rings. The van der Waals surface area contributed by atoms with E-state index in [0.29, 0.717) is 18.9 Å². The molecule has 0 radical (unpaired) electrons. The fraction of sp³-hybridized carbons (Fsp3) is 0.556. The molecule has 0 aliphatic carbocycles. The van der Waals surface area contributed by atoms with Gasteiger partial charge in [0.05, 0.1) is 0 Å². The van der Waals surface area contributed by atoms with Gasteiger partial charge < -0.3 is 10.6 Å². The number of aromatic nitrogens is 4. The van der Waals surface area contributed by atoms with Gasteiger partial charge in [-0.15, -0.1) is 22.6 Å². The first-order valence-corrected chi connectivity index (χ1v) is 8.55. The van der Waals surface area contributed by atoms with Crippen LogP contribution in [0, 0.1) is 11.3 Å². The predicted molar refractivity (Wildman–Crippen MR) is 105 cm³/mol. The van der Waals surface area contributed by atoms with Crippen molar-refractivity contribution < 1.29 is 4.79 Å². The fourth-order valence-electron chi connectivity index (χ4n) is 2.71. The molecule has 7 nitrogen and oxygen atoms in total. The quantitative estimate of drug-likeness (QED) is 0.796. The Morgan fingerprint density at radius 1 is 1.27 bits per heavy atom. The number of tetrazole rings is 1. The fourth-order valence-corrected chi connectivity index (χ4v) is 2.71. The molecule has 2 N–H and O–H groups in total. The number of amides is 1. The Kier molecular flexibility index (Phi) is 7.71. The minimum atomic E-state index is -0.497. The third-order valence-corrected chi connectivity index (χ3v) is 4.19. The highest BCUT2D eigenvalue weighted by Gasteiger charge is 2.32. The summed E-state index contributed by atoms with van der Waals surface area (Å²) in [5.41, 5.74) is 6.53. The van der Waals surface area contributed by atoms with Gasteiger partial charge in [0.1, 0.15) is 0 Å². The van der Waals surface area contributed by atoms with Crippen molar-refractivity contribution in [3.05, 3.63) is 30.3 Å². The zero-order chi connectivity index (χ0) is 18.6. The monoisotopic (exact) mass is 380 g/mol. The number of rotatable bonds is 7. The van der Waals surface area contributed by atoms with Gasteiger partial charge in [0.15, 0.2) is 6.04 Å². The van der Waals surface area contributed by atoms with Gasteiger partial charge in [-0.05, 0) is 23.1 Å². The van der Waals surface area contributed by atoms with Crippen LogP contribution in [0.2, 0.25) is 0 Å². The van der Waals surface area contributed by atoms with Crippen LogP contribution in [-0.4, -0.2) is 51.2 Å². The Bertz CT molecular complexity index is 701. The maximum atomic E-state index is 13.0. The maximum Gasteiger partial charge on any atom is 0.249 e. The lowest BCUT2D eigenvalue weighted by Gasteiger charge is -2.32. The van der Waals surface area contributed by atoms with Crippen LogP contribution in [0.15, 0.2) is 30.3 Å². The first-order valence-electron chi connectivity index (χ1n) is 8.55. The van der Waals surface area contributed by atoms with Crippen LogP contribution in [0.3, 0.4) is 0 Å². The third kappa shape index (κ3) is 5.25. The van der Waals surface area contributed by atoms with E-state index >= 15 is 0 Å². The summed E-state index contributed by atoms with van der Waals surface area (Å²) in [6.07, 6.45) is 0. The molecule has 26 heavy (non-hydrogen) atoms. The zero-order valence-electron chi connectivity index (χ0n) is 16.1. The smallest absolute Gasteiger partial charge is 0.249 e. The van der Waals surface area contributed by atoms with Crippen LogP contribution in [0.4, 0.5) is 0 Å². The molecule has 0 saturated heterocycles. The summed E-state index contributed by atoms with van der Waals surface area (Å²) in [6, 6.07) is 9.12. The van der Waals surface area contributed by atoms with Crippen molar-refractivity contribution in [2.45, 2.75) is 33.7 Å². The third-order valence-electron chi connectivity index (χ3n) is 4.19. The summed E-state index contributed by atoms with van der Waals surface area (Å²) >= 11 is 0. The average molecular weight is 381 g/mol. The molecule has 1 heterocycles. The number of nitrogens with zero attached hydrogens (tertiary/aromatic N) is 5. The van der Waals surface area contributed by atoms with E-state index in [9.17, 15) is 4.79 Å². The number of halogens is 1. The Morgan fingerprint density at radius 2 is 1.88 bits per heavy atom. The van der Waals surface area contributed by atoms with Gasteiger partial charge in [-0.1, -0.05) is 58.0 Å². The Morgan fingerprint density at radius 3 is 2.42 bits per heavy atom. The van der Waals surface area contributed by atoms with E-state index in [-0.39, 0.29) is 29.6 Å². The highest BCUT2D eigenvalue weighted by molar-refractivity contribution is 5.85. The summed E-state index contributed by atoms with van der Waals surface area (Å²) in [7, 11) is 1.80. The molecule has 0 aliphatic rings. The molecule has 1 atom stereocenters. The lowest BCUT2D eigenvalue weighted by molar-refractivity contribution is -0.136. The molecule has 0 bridgehead atoms. The van der Waals surface area contributed by atoms with E-state index in [1.54, 1.807) is 11.9 Å². The van der Waals surface area contributed by atoms with Crippen LogP contribution in [0.5, 0.6) is 0 Å². The first-order chi connectivity index (χ1) is 11.7. The second-order valence-corrected chi connectivity index (χ2v) is 7.55. The molecule has 0 spiro atoms. The predicted octanol–water partition coefficient (Wildman–Crippen LogP) is 2.40. The summed E-state index contributed by atoms with van der Waals surface area (Å²) in [6.45, 7) is 9.14. The lowest BCUT2D eigenvalue weighted by atomic mass is 9.92. The van der Waals surface area contributed by atoms with E-state index in [1.807, 2.05) is 58.0 Å². The lowest BCUT2D eigenvalue weighted by Crippen LogP contribution is -2.44. The average Bonchev–Trinajstić information content (AvgIpc) is 3.04. The number of benzene rings is 1. The second kappa shape index (κ2) is 9.09. The number of carbonyl (C=O) groups excluding carboxylic acids is 1. The van der Waals surface area contributed by atoms with Gasteiger partial charge in [0.25, 0.3) is 0 Å². The van der Waals surface area contributed by atoms with Crippen molar-refractivity contribution in [1.29, 1.82) is 0 Å². The molecule has 144 valence electrons. The molecule has 1 unspecified atom stereocenters. The van der Waals surface area contributed by atoms with E-state index in [0.717, 1.165) is 5.56 Å². The van der Waals surface area contributed by atoms with E-state index in [1.165, 1.54) is 4.80 Å². The molecule has 1 amide bonds. The van der Waals surface area contributed by atoms with Crippen molar-refractivity contribution in [2.75, 3.05) is 20.1 Å². The van der Waals surface area contributed by atoms with Gasteiger partial charge in [-0.3, -0.25) is 4.79 Å². The molecular formula is C18H29ClN6O. The first kappa shape index (κ1) is 22.1. The number of nitrogens with two attached hydrogens (primary N) is 1. The Labute approximate surface area is 161 Å². The minimum Gasteiger partial charge on any atom is -0.343 e. The van der Waals surface area contributed by atoms with Crippen molar-refractivity contribution in [2.24, 2.45) is 17.1 Å². The second-order valence-electron chi connectivity index (χ2n) is 7.55. The SMILES string of the molecule is CC(C)C(C(=O)N(C)CC(C)(C)CN)n1nnc(-c2ccccc2)n1.Cl. The summed E-state index contributed by atoms with van der Waals surface area (Å²) in [5.74, 6) is 0.520. The van der Waals surface area contributed by atoms with Crippen molar-refractivity contribution in [3.8, 4) is 11.4 Å². The summed E-state index contributed by atoms with van der Waals surface area (Å²) < 4.78 is 0. The molecule has 0 saturated carbocycles. The van der Waals surface area contributed by atoms with Crippen LogP contribution < -0.4 is 5.73 Å². The molecule has 0 fully saturated rings. The maximum absolute atomic E-state index is 13.0. The molecular weight excluding hydrogens is 352 g/mol. The Balaban J connectivity index is 0.00000338. The summed E-state index contributed by atoms with van der Waals surface area (Å²) in [4.78, 5) is 16.1. The van der Waals surface area contributed by atoms with Gasteiger partial charge in [-0.2, -0.15) is 4.80 Å². The van der Waals surface area contributed by atoms with Crippen LogP contribution in [-0.2, 0) is 4.79 Å².